The first kappa shape index (κ1) is 14.0. The van der Waals surface area contributed by atoms with Crippen LogP contribution in [0.5, 0.6) is 0 Å². The molecule has 1 N–H and O–H groups in total. The lowest BCUT2D eigenvalue weighted by atomic mass is 9.83. The van der Waals surface area contributed by atoms with Gasteiger partial charge in [-0.15, -0.1) is 0 Å². The van der Waals surface area contributed by atoms with E-state index in [-0.39, 0.29) is 5.91 Å². The van der Waals surface area contributed by atoms with Crippen molar-refractivity contribution in [3.63, 3.8) is 0 Å². The Kier molecular flexibility index (Phi) is 4.94. The van der Waals surface area contributed by atoms with Crippen molar-refractivity contribution < 1.29 is 4.79 Å². The highest BCUT2D eigenvalue weighted by Gasteiger charge is 2.35. The Bertz CT molecular complexity index is 447. The average Bonchev–Trinajstić information content (AvgIpc) is 2.35. The Hall–Kier alpha value is -1.09. The molecular formula is C13H15IN2O. The van der Waals surface area contributed by atoms with Gasteiger partial charge in [-0.1, -0.05) is 26.0 Å². The number of amides is 1. The number of anilines is 1. The minimum Gasteiger partial charge on any atom is -0.324 e. The number of carbonyl (C=O) groups is 1. The molecule has 0 heterocycles. The van der Waals surface area contributed by atoms with E-state index in [2.05, 4.69) is 34.0 Å². The van der Waals surface area contributed by atoms with Crippen LogP contribution in [-0.2, 0) is 4.79 Å². The van der Waals surface area contributed by atoms with Gasteiger partial charge in [-0.25, -0.2) is 0 Å². The summed E-state index contributed by atoms with van der Waals surface area (Å²) >= 11 is 2.16. The molecule has 1 aromatic rings. The Morgan fingerprint density at radius 2 is 2.00 bits per heavy atom. The first-order chi connectivity index (χ1) is 8.09. The number of hydrogen-bond acceptors (Lipinski definition) is 2. The number of nitrogens with one attached hydrogen (secondary N) is 1. The highest BCUT2D eigenvalue weighted by atomic mass is 127. The predicted octanol–water partition coefficient (Wildman–Crippen LogP) is 3.56. The number of hydrogen-bond donors (Lipinski definition) is 1. The monoisotopic (exact) mass is 342 g/mol. The number of nitrogens with zero attached hydrogens (tertiary/aromatic N) is 1. The van der Waals surface area contributed by atoms with E-state index in [0.29, 0.717) is 12.8 Å². The smallest absolute Gasteiger partial charge is 0.244 e. The zero-order valence-electron chi connectivity index (χ0n) is 9.96. The van der Waals surface area contributed by atoms with Crippen LogP contribution in [0.15, 0.2) is 24.3 Å². The Labute approximate surface area is 115 Å². The van der Waals surface area contributed by atoms with Gasteiger partial charge in [0.05, 0.1) is 11.8 Å². The predicted molar refractivity (Wildman–Crippen MR) is 76.4 cm³/mol. The molecule has 0 fully saturated rings. The van der Waals surface area contributed by atoms with E-state index in [1.54, 1.807) is 0 Å². The van der Waals surface area contributed by atoms with Gasteiger partial charge >= 0.3 is 0 Å². The quantitative estimate of drug-likeness (QED) is 0.851. The molecule has 0 radical (unpaired) electrons. The second kappa shape index (κ2) is 6.01. The van der Waals surface area contributed by atoms with Crippen molar-refractivity contribution in [1.82, 2.24) is 0 Å². The van der Waals surface area contributed by atoms with Gasteiger partial charge in [0.25, 0.3) is 0 Å². The van der Waals surface area contributed by atoms with Gasteiger partial charge in [-0.3, -0.25) is 4.79 Å². The number of halogens is 1. The van der Waals surface area contributed by atoms with Crippen molar-refractivity contribution in [2.45, 2.75) is 26.7 Å². The summed E-state index contributed by atoms with van der Waals surface area (Å²) in [6, 6.07) is 9.68. The second-order valence-electron chi connectivity index (χ2n) is 3.83. The van der Waals surface area contributed by atoms with E-state index in [9.17, 15) is 10.1 Å². The maximum atomic E-state index is 12.1. The number of nitriles is 1. The van der Waals surface area contributed by atoms with E-state index >= 15 is 0 Å². The van der Waals surface area contributed by atoms with Crippen LogP contribution in [0.4, 0.5) is 5.69 Å². The van der Waals surface area contributed by atoms with E-state index in [0.717, 1.165) is 9.26 Å². The lowest BCUT2D eigenvalue weighted by molar-refractivity contribution is -0.123. The molecule has 1 amide bonds. The van der Waals surface area contributed by atoms with E-state index in [1.165, 1.54) is 0 Å². The maximum absolute atomic E-state index is 12.1. The fourth-order valence-electron chi connectivity index (χ4n) is 1.58. The summed E-state index contributed by atoms with van der Waals surface area (Å²) in [6.07, 6.45) is 1.05. The minimum atomic E-state index is -0.918. The van der Waals surface area contributed by atoms with E-state index < -0.39 is 5.41 Å². The summed E-state index contributed by atoms with van der Waals surface area (Å²) in [7, 11) is 0. The molecule has 0 aliphatic heterocycles. The molecule has 0 aliphatic carbocycles. The summed E-state index contributed by atoms with van der Waals surface area (Å²) in [5.41, 5.74) is -0.154. The second-order valence-corrected chi connectivity index (χ2v) is 5.00. The van der Waals surface area contributed by atoms with Crippen molar-refractivity contribution in [3.8, 4) is 6.07 Å². The SMILES string of the molecule is CCC(C#N)(CC)C(=O)Nc1ccccc1I. The largest absolute Gasteiger partial charge is 0.324 e. The van der Waals surface area contributed by atoms with Crippen LogP contribution in [0.3, 0.4) is 0 Å². The molecule has 1 aromatic carbocycles. The normalized spacial score (nSPS) is 10.7. The van der Waals surface area contributed by atoms with Crippen molar-refractivity contribution in [2.24, 2.45) is 5.41 Å². The van der Waals surface area contributed by atoms with Gasteiger partial charge in [-0.2, -0.15) is 5.26 Å². The van der Waals surface area contributed by atoms with Crippen LogP contribution in [0.2, 0.25) is 0 Å². The highest BCUT2D eigenvalue weighted by molar-refractivity contribution is 14.1. The van der Waals surface area contributed by atoms with Gasteiger partial charge in [-0.05, 0) is 47.6 Å². The molecule has 0 bridgehead atoms. The lowest BCUT2D eigenvalue weighted by Crippen LogP contribution is -2.34. The van der Waals surface area contributed by atoms with Crippen LogP contribution in [0.25, 0.3) is 0 Å². The zero-order chi connectivity index (χ0) is 12.9. The minimum absolute atomic E-state index is 0.214. The topological polar surface area (TPSA) is 52.9 Å². The summed E-state index contributed by atoms with van der Waals surface area (Å²) < 4.78 is 0.970. The summed E-state index contributed by atoms with van der Waals surface area (Å²) in [5.74, 6) is -0.214. The Morgan fingerprint density at radius 3 is 2.47 bits per heavy atom. The zero-order valence-corrected chi connectivity index (χ0v) is 12.1. The Balaban J connectivity index is 2.93. The maximum Gasteiger partial charge on any atom is 0.244 e. The fraction of sp³-hybridized carbons (Fsp3) is 0.385. The third-order valence-electron chi connectivity index (χ3n) is 2.98. The first-order valence-corrected chi connectivity index (χ1v) is 6.64. The van der Waals surface area contributed by atoms with E-state index in [4.69, 9.17) is 0 Å². The van der Waals surface area contributed by atoms with Crippen LogP contribution in [0, 0.1) is 20.3 Å². The standard InChI is InChI=1S/C13H15IN2O/c1-3-13(4-2,9-15)12(17)16-11-8-6-5-7-10(11)14/h5-8H,3-4H2,1-2H3,(H,16,17). The number of para-hydroxylation sites is 1. The Morgan fingerprint density at radius 1 is 1.41 bits per heavy atom. The molecule has 4 heteroatoms. The molecule has 0 aromatic heterocycles. The molecular weight excluding hydrogens is 327 g/mol. The van der Waals surface area contributed by atoms with Crippen LogP contribution >= 0.6 is 22.6 Å². The van der Waals surface area contributed by atoms with Gasteiger partial charge in [0.1, 0.15) is 5.41 Å². The third kappa shape index (κ3) is 2.97. The van der Waals surface area contributed by atoms with Gasteiger partial charge < -0.3 is 5.32 Å². The molecule has 0 saturated heterocycles. The van der Waals surface area contributed by atoms with Crippen LogP contribution in [0.1, 0.15) is 26.7 Å². The van der Waals surface area contributed by atoms with Crippen molar-refractivity contribution in [1.29, 1.82) is 5.26 Å². The molecule has 17 heavy (non-hydrogen) atoms. The molecule has 0 aliphatic rings. The van der Waals surface area contributed by atoms with Crippen molar-refractivity contribution >= 4 is 34.2 Å². The number of rotatable bonds is 4. The fourth-order valence-corrected chi connectivity index (χ4v) is 2.11. The molecule has 0 unspecified atom stereocenters. The highest BCUT2D eigenvalue weighted by Crippen LogP contribution is 2.28. The lowest BCUT2D eigenvalue weighted by Gasteiger charge is -2.22. The molecule has 3 nitrogen and oxygen atoms in total. The van der Waals surface area contributed by atoms with E-state index in [1.807, 2.05) is 38.1 Å². The van der Waals surface area contributed by atoms with Gasteiger partial charge in [0, 0.05) is 3.57 Å². The van der Waals surface area contributed by atoms with Crippen LogP contribution < -0.4 is 5.32 Å². The molecule has 1 rings (SSSR count). The summed E-state index contributed by atoms with van der Waals surface area (Å²) in [5, 5.41) is 12.0. The molecule has 0 saturated carbocycles. The number of carbonyl (C=O) groups excluding carboxylic acids is 1. The molecule has 0 spiro atoms. The van der Waals surface area contributed by atoms with Gasteiger partial charge in [0.2, 0.25) is 5.91 Å². The van der Waals surface area contributed by atoms with Crippen molar-refractivity contribution in [3.05, 3.63) is 27.8 Å². The summed E-state index contributed by atoms with van der Waals surface area (Å²) in [4.78, 5) is 12.1. The van der Waals surface area contributed by atoms with Gasteiger partial charge in [0.15, 0.2) is 0 Å². The van der Waals surface area contributed by atoms with Crippen molar-refractivity contribution in [2.75, 3.05) is 5.32 Å². The summed E-state index contributed by atoms with van der Waals surface area (Å²) in [6.45, 7) is 3.73. The average molecular weight is 342 g/mol. The molecule has 90 valence electrons. The number of benzene rings is 1. The third-order valence-corrected chi connectivity index (χ3v) is 3.92. The van der Waals surface area contributed by atoms with Crippen LogP contribution in [-0.4, -0.2) is 5.91 Å². The first-order valence-electron chi connectivity index (χ1n) is 5.57. The molecule has 0 atom stereocenters.